The second-order valence-electron chi connectivity index (χ2n) is 18.8. The van der Waals surface area contributed by atoms with E-state index < -0.39 is 59.8 Å². The fourth-order valence-corrected chi connectivity index (χ4v) is 10.2. The fourth-order valence-electron chi connectivity index (χ4n) is 10.2. The predicted molar refractivity (Wildman–Crippen MR) is 235 cm³/mol. The SMILES string of the molecule is CCC1/C=C(\C)CC(C)CC(OC)C2OC(O)(C(=O)C(=O)N3CCCCC3C(=O)OC(C(C)=CC3CCC(N)C(Oc4ccc(CO)cc4)C3)C(C)CCC1=O)C(C)CC2OC. The second kappa shape index (κ2) is 22.4. The van der Waals surface area contributed by atoms with Gasteiger partial charge in [0.15, 0.2) is 0 Å². The molecule has 346 valence electrons. The Morgan fingerprint density at radius 2 is 1.65 bits per heavy atom. The molecule has 5 rings (SSSR count). The lowest BCUT2D eigenvalue weighted by Crippen LogP contribution is -2.64. The van der Waals surface area contributed by atoms with Crippen molar-refractivity contribution in [2.24, 2.45) is 35.3 Å². The maximum atomic E-state index is 14.5. The number of ketones is 2. The van der Waals surface area contributed by atoms with Crippen LogP contribution in [0.15, 0.2) is 47.6 Å². The number of allylic oxidation sites excluding steroid dienone is 3. The van der Waals surface area contributed by atoms with Crippen LogP contribution in [0.1, 0.15) is 124 Å². The number of rotatable bonds is 8. The fraction of sp³-hybridized carbons (Fsp3) is 0.714. The summed E-state index contributed by atoms with van der Waals surface area (Å²) in [6.07, 6.45) is 7.79. The highest BCUT2D eigenvalue weighted by molar-refractivity contribution is 6.39. The Labute approximate surface area is 369 Å². The quantitative estimate of drug-likeness (QED) is 0.149. The number of esters is 1. The number of Topliss-reactive ketones (excluding diaryl/α,β-unsaturated/α-hetero) is 2. The van der Waals surface area contributed by atoms with E-state index in [2.05, 4.69) is 19.1 Å². The lowest BCUT2D eigenvalue weighted by atomic mass is 9.81. The zero-order valence-electron chi connectivity index (χ0n) is 38.4. The molecule has 1 aromatic carbocycles. The van der Waals surface area contributed by atoms with Gasteiger partial charge in [0, 0.05) is 45.1 Å². The molecular weight excluding hydrogens is 793 g/mol. The van der Waals surface area contributed by atoms with Crippen molar-refractivity contribution in [1.29, 1.82) is 0 Å². The van der Waals surface area contributed by atoms with Gasteiger partial charge in [0.1, 0.15) is 35.9 Å². The first-order valence-electron chi connectivity index (χ1n) is 23.0. The van der Waals surface area contributed by atoms with Gasteiger partial charge in [-0.1, -0.05) is 57.6 Å². The summed E-state index contributed by atoms with van der Waals surface area (Å²) < 4.78 is 30.9. The summed E-state index contributed by atoms with van der Waals surface area (Å²) >= 11 is 0. The molecule has 1 amide bonds. The van der Waals surface area contributed by atoms with Crippen LogP contribution in [0, 0.1) is 29.6 Å². The number of hydrogen-bond acceptors (Lipinski definition) is 12. The molecule has 2 saturated heterocycles. The number of carbonyl (C=O) groups is 4. The third kappa shape index (κ3) is 12.0. The Morgan fingerprint density at radius 3 is 2.31 bits per heavy atom. The van der Waals surface area contributed by atoms with Crippen molar-refractivity contribution in [3.05, 3.63) is 53.1 Å². The molecule has 1 aromatic rings. The standard InChI is InChI=1S/C49H74N2O11/c1-9-36-23-29(2)22-30(3)24-42(58-7)45-43(59-8)26-33(6)49(57,62-45)46(54)47(55)51-21-11-10-12-39(51)48(56)61-44(31(4)13-20-40(36)53)32(5)25-35-16-19-38(50)41(27-35)60-37-17-14-34(28-52)15-18-37/h14-15,17-18,23,25,30-31,33,35-36,38-39,41-45,52,57H,9-13,16,19-22,24,26-28,50H2,1-8H3/b29-23+,32-25?. The number of carbonyl (C=O) groups excluding carboxylic acids is 4. The van der Waals surface area contributed by atoms with Gasteiger partial charge in [0.25, 0.3) is 11.7 Å². The number of methoxy groups -OCH3 is 2. The van der Waals surface area contributed by atoms with E-state index in [-0.39, 0.29) is 67.6 Å². The maximum Gasteiger partial charge on any atom is 0.329 e. The Kier molecular flexibility index (Phi) is 17.9. The van der Waals surface area contributed by atoms with E-state index in [0.29, 0.717) is 57.1 Å². The van der Waals surface area contributed by atoms with E-state index in [1.165, 1.54) is 4.90 Å². The molecule has 13 nitrogen and oxygen atoms in total. The molecule has 3 fully saturated rings. The number of piperidine rings is 1. The highest BCUT2D eigenvalue weighted by Gasteiger charge is 2.56. The molecule has 3 aliphatic heterocycles. The molecule has 13 heteroatoms. The highest BCUT2D eigenvalue weighted by Crippen LogP contribution is 2.39. The van der Waals surface area contributed by atoms with Crippen LogP contribution >= 0.6 is 0 Å². The number of fused-ring (bicyclic) bond motifs is 3. The number of nitrogens with two attached hydrogens (primary N) is 1. The summed E-state index contributed by atoms with van der Waals surface area (Å²) in [6.45, 7) is 11.8. The molecule has 0 radical (unpaired) electrons. The minimum Gasteiger partial charge on any atom is -0.489 e. The van der Waals surface area contributed by atoms with Crippen LogP contribution in [-0.2, 0) is 44.7 Å². The zero-order valence-corrected chi connectivity index (χ0v) is 38.4. The first-order valence-corrected chi connectivity index (χ1v) is 23.0. The summed E-state index contributed by atoms with van der Waals surface area (Å²) in [7, 11) is 3.10. The molecule has 1 saturated carbocycles. The Hall–Kier alpha value is -3.46. The van der Waals surface area contributed by atoms with E-state index in [1.54, 1.807) is 21.1 Å². The molecule has 0 spiro atoms. The summed E-state index contributed by atoms with van der Waals surface area (Å²) in [6, 6.07) is 6.08. The number of aliphatic hydroxyl groups is 2. The van der Waals surface area contributed by atoms with Crippen LogP contribution in [-0.4, -0.2) is 108 Å². The largest absolute Gasteiger partial charge is 0.489 e. The molecule has 2 bridgehead atoms. The van der Waals surface area contributed by atoms with Crippen LogP contribution in [0.25, 0.3) is 0 Å². The monoisotopic (exact) mass is 867 g/mol. The molecule has 4 aliphatic rings. The van der Waals surface area contributed by atoms with E-state index in [9.17, 15) is 29.4 Å². The molecule has 13 unspecified atom stereocenters. The normalized spacial score (nSPS) is 37.4. The number of amides is 1. The van der Waals surface area contributed by atoms with Gasteiger partial charge in [-0.3, -0.25) is 14.4 Å². The van der Waals surface area contributed by atoms with Gasteiger partial charge >= 0.3 is 5.97 Å². The second-order valence-corrected chi connectivity index (χ2v) is 18.8. The van der Waals surface area contributed by atoms with Crippen LogP contribution < -0.4 is 10.5 Å². The molecule has 4 N–H and O–H groups in total. The topological polar surface area (TPSA) is 184 Å². The summed E-state index contributed by atoms with van der Waals surface area (Å²) in [5, 5.41) is 21.6. The third-order valence-corrected chi connectivity index (χ3v) is 13.9. The van der Waals surface area contributed by atoms with Gasteiger partial charge in [-0.05, 0) is 125 Å². The third-order valence-electron chi connectivity index (χ3n) is 13.9. The maximum absolute atomic E-state index is 14.5. The van der Waals surface area contributed by atoms with Crippen molar-refractivity contribution in [1.82, 2.24) is 4.90 Å². The van der Waals surface area contributed by atoms with Gasteiger partial charge in [0.2, 0.25) is 5.79 Å². The Morgan fingerprint density at radius 1 is 0.952 bits per heavy atom. The Balaban J connectivity index is 1.47. The minimum absolute atomic E-state index is 0.0561. The van der Waals surface area contributed by atoms with Gasteiger partial charge in [-0.15, -0.1) is 0 Å². The van der Waals surface area contributed by atoms with Crippen molar-refractivity contribution in [3.63, 3.8) is 0 Å². The van der Waals surface area contributed by atoms with Crippen molar-refractivity contribution in [3.8, 4) is 5.75 Å². The van der Waals surface area contributed by atoms with Crippen molar-refractivity contribution in [2.75, 3.05) is 20.8 Å². The molecule has 0 aromatic heterocycles. The highest BCUT2D eigenvalue weighted by atomic mass is 16.7. The van der Waals surface area contributed by atoms with Crippen LogP contribution in [0.5, 0.6) is 5.75 Å². The van der Waals surface area contributed by atoms with E-state index in [4.69, 9.17) is 29.4 Å². The first-order chi connectivity index (χ1) is 29.5. The average Bonchev–Trinajstić information content (AvgIpc) is 3.26. The zero-order chi connectivity index (χ0) is 45.3. The summed E-state index contributed by atoms with van der Waals surface area (Å²) in [5.74, 6) is -5.62. The number of benzene rings is 1. The molecule has 13 atom stereocenters. The molecular formula is C49H74N2O11. The van der Waals surface area contributed by atoms with Gasteiger partial charge < -0.3 is 44.5 Å². The lowest BCUT2D eigenvalue weighted by Gasteiger charge is -2.47. The number of hydrogen-bond donors (Lipinski definition) is 3. The van der Waals surface area contributed by atoms with Crippen molar-refractivity contribution in [2.45, 2.75) is 174 Å². The van der Waals surface area contributed by atoms with Crippen molar-refractivity contribution >= 4 is 23.4 Å². The number of aliphatic hydroxyl groups excluding tert-OH is 1. The predicted octanol–water partition coefficient (Wildman–Crippen LogP) is 6.39. The number of cyclic esters (lactones) is 1. The van der Waals surface area contributed by atoms with Crippen LogP contribution in [0.4, 0.5) is 0 Å². The summed E-state index contributed by atoms with van der Waals surface area (Å²) in [4.78, 5) is 58.2. The van der Waals surface area contributed by atoms with E-state index in [1.807, 2.05) is 52.0 Å². The van der Waals surface area contributed by atoms with Crippen LogP contribution in [0.3, 0.4) is 0 Å². The van der Waals surface area contributed by atoms with E-state index >= 15 is 0 Å². The van der Waals surface area contributed by atoms with Gasteiger partial charge in [-0.25, -0.2) is 4.79 Å². The molecule has 62 heavy (non-hydrogen) atoms. The number of ether oxygens (including phenoxy) is 5. The Bertz CT molecular complexity index is 1750. The minimum atomic E-state index is -2.48. The molecule has 3 heterocycles. The van der Waals surface area contributed by atoms with Crippen LogP contribution in [0.2, 0.25) is 0 Å². The lowest BCUT2D eigenvalue weighted by molar-refractivity contribution is -0.302. The van der Waals surface area contributed by atoms with Gasteiger partial charge in [-0.2, -0.15) is 0 Å². The van der Waals surface area contributed by atoms with E-state index in [0.717, 1.165) is 29.6 Å². The van der Waals surface area contributed by atoms with Gasteiger partial charge in [0.05, 0.1) is 18.8 Å². The van der Waals surface area contributed by atoms with Crippen molar-refractivity contribution < 1.29 is 53.1 Å². The smallest absolute Gasteiger partial charge is 0.329 e. The number of nitrogens with zero attached hydrogens (tertiary/aromatic N) is 1. The first kappa shape index (κ1) is 49.6. The summed E-state index contributed by atoms with van der Waals surface area (Å²) in [5.41, 5.74) is 9.26. The average molecular weight is 867 g/mol. The molecule has 1 aliphatic carbocycles.